The number of rotatable bonds is 5. The number of nitrogens with two attached hydrogens (primary N) is 1. The summed E-state index contributed by atoms with van der Waals surface area (Å²) in [4.78, 5) is 15.8. The number of halogens is 6. The lowest BCUT2D eigenvalue weighted by molar-refractivity contribution is -0.154. The Morgan fingerprint density at radius 3 is 2.44 bits per heavy atom. The molecule has 0 fully saturated rings. The van der Waals surface area contributed by atoms with E-state index in [9.17, 15) is 31.1 Å². The lowest BCUT2D eigenvalue weighted by Crippen LogP contribution is -2.22. The van der Waals surface area contributed by atoms with Crippen LogP contribution in [0.15, 0.2) is 36.5 Å². The van der Waals surface area contributed by atoms with Crippen LogP contribution in [0.3, 0.4) is 0 Å². The molecule has 0 aliphatic heterocycles. The molecule has 1 heterocycles. The number of hydrogen-bond acceptors (Lipinski definition) is 4. The average Bonchev–Trinajstić information content (AvgIpc) is 2.58. The highest BCUT2D eigenvalue weighted by molar-refractivity contribution is 6.05. The van der Waals surface area contributed by atoms with Gasteiger partial charge in [0.1, 0.15) is 5.56 Å². The van der Waals surface area contributed by atoms with E-state index in [0.29, 0.717) is 6.07 Å². The Hall–Kier alpha value is -2.82. The Morgan fingerprint density at radius 2 is 1.85 bits per heavy atom. The molecule has 0 saturated heterocycles. The Labute approximate surface area is 149 Å². The molecule has 0 spiro atoms. The van der Waals surface area contributed by atoms with E-state index in [1.54, 1.807) is 0 Å². The highest BCUT2D eigenvalue weighted by Crippen LogP contribution is 2.32. The maximum absolute atomic E-state index is 12.9. The number of nitrogens with one attached hydrogen (secondary N) is 1. The number of pyridine rings is 1. The van der Waals surface area contributed by atoms with Gasteiger partial charge in [0.25, 0.3) is 5.91 Å². The molecular formula is C16H13F6N3O2. The molecule has 1 aromatic carbocycles. The van der Waals surface area contributed by atoms with Gasteiger partial charge in [0.15, 0.2) is 6.61 Å². The topological polar surface area (TPSA) is 77.2 Å². The Balaban J connectivity index is 2.28. The zero-order valence-electron chi connectivity index (χ0n) is 13.5. The van der Waals surface area contributed by atoms with Gasteiger partial charge in [-0.3, -0.25) is 4.79 Å². The standard InChI is InChI=1S/C16H13F6N3O2/c17-15(18,19)8-27-14-12(2-1-3-24-14)13(26)25-11-5-9(7-23)4-10(6-11)16(20,21)22/h1-6H,7-8,23H2,(H,25,26). The van der Waals surface area contributed by atoms with Crippen molar-refractivity contribution >= 4 is 11.6 Å². The van der Waals surface area contributed by atoms with Gasteiger partial charge in [0, 0.05) is 18.4 Å². The van der Waals surface area contributed by atoms with Gasteiger partial charge in [0.05, 0.1) is 5.56 Å². The van der Waals surface area contributed by atoms with Gasteiger partial charge in [-0.05, 0) is 35.9 Å². The average molecular weight is 393 g/mol. The summed E-state index contributed by atoms with van der Waals surface area (Å²) in [5, 5.41) is 2.19. The molecule has 2 rings (SSSR count). The van der Waals surface area contributed by atoms with Crippen LogP contribution in [-0.2, 0) is 12.7 Å². The molecule has 0 radical (unpaired) electrons. The molecule has 1 aromatic heterocycles. The second kappa shape index (κ2) is 7.82. The molecule has 0 aliphatic rings. The first-order valence-electron chi connectivity index (χ1n) is 7.37. The van der Waals surface area contributed by atoms with Gasteiger partial charge >= 0.3 is 12.4 Å². The second-order valence-corrected chi connectivity index (χ2v) is 5.33. The van der Waals surface area contributed by atoms with E-state index in [2.05, 4.69) is 15.0 Å². The van der Waals surface area contributed by atoms with Crippen LogP contribution in [0.1, 0.15) is 21.5 Å². The van der Waals surface area contributed by atoms with Crippen LogP contribution in [-0.4, -0.2) is 23.7 Å². The highest BCUT2D eigenvalue weighted by atomic mass is 19.4. The summed E-state index contributed by atoms with van der Waals surface area (Å²) in [6, 6.07) is 5.14. The maximum Gasteiger partial charge on any atom is 0.422 e. The lowest BCUT2D eigenvalue weighted by atomic mass is 10.1. The summed E-state index contributed by atoms with van der Waals surface area (Å²) < 4.78 is 80.1. The Kier molecular flexibility index (Phi) is 5.94. The number of ether oxygens (including phenoxy) is 1. The van der Waals surface area contributed by atoms with Crippen LogP contribution in [0.2, 0.25) is 0 Å². The number of aromatic nitrogens is 1. The van der Waals surface area contributed by atoms with Crippen molar-refractivity contribution in [3.8, 4) is 5.88 Å². The quantitative estimate of drug-likeness (QED) is 0.759. The summed E-state index contributed by atoms with van der Waals surface area (Å²) in [6.07, 6.45) is -8.21. The zero-order chi connectivity index (χ0) is 20.2. The van der Waals surface area contributed by atoms with Crippen molar-refractivity contribution in [1.29, 1.82) is 0 Å². The summed E-state index contributed by atoms with van der Waals surface area (Å²) in [5.41, 5.74) is 3.86. The maximum atomic E-state index is 12.9. The van der Waals surface area contributed by atoms with E-state index < -0.39 is 36.3 Å². The summed E-state index contributed by atoms with van der Waals surface area (Å²) in [6.45, 7) is -1.88. The van der Waals surface area contributed by atoms with E-state index in [1.165, 1.54) is 12.1 Å². The molecular weight excluding hydrogens is 380 g/mol. The van der Waals surface area contributed by atoms with Crippen molar-refractivity contribution in [3.05, 3.63) is 53.2 Å². The van der Waals surface area contributed by atoms with Crippen LogP contribution >= 0.6 is 0 Å². The summed E-state index contributed by atoms with van der Waals surface area (Å²) in [7, 11) is 0. The lowest BCUT2D eigenvalue weighted by Gasteiger charge is -2.14. The van der Waals surface area contributed by atoms with Crippen molar-refractivity contribution < 1.29 is 35.9 Å². The first kappa shape index (κ1) is 20.5. The number of anilines is 1. The molecule has 27 heavy (non-hydrogen) atoms. The fourth-order valence-electron chi connectivity index (χ4n) is 2.07. The third-order valence-electron chi connectivity index (χ3n) is 3.20. The molecule has 0 bridgehead atoms. The number of alkyl halides is 6. The summed E-state index contributed by atoms with van der Waals surface area (Å²) >= 11 is 0. The fourth-order valence-corrected chi connectivity index (χ4v) is 2.07. The third kappa shape index (κ3) is 5.84. The number of benzene rings is 1. The Bertz CT molecular complexity index is 821. The van der Waals surface area contributed by atoms with E-state index in [0.717, 1.165) is 18.3 Å². The van der Waals surface area contributed by atoms with Crippen molar-refractivity contribution in [2.24, 2.45) is 5.73 Å². The van der Waals surface area contributed by atoms with Crippen LogP contribution in [0, 0.1) is 0 Å². The predicted octanol–water partition coefficient (Wildman–Crippen LogP) is 3.75. The molecule has 0 atom stereocenters. The molecule has 0 saturated carbocycles. The van der Waals surface area contributed by atoms with Crippen LogP contribution in [0.25, 0.3) is 0 Å². The monoisotopic (exact) mass is 393 g/mol. The van der Waals surface area contributed by atoms with Crippen LogP contribution in [0.5, 0.6) is 5.88 Å². The third-order valence-corrected chi connectivity index (χ3v) is 3.20. The van der Waals surface area contributed by atoms with Gasteiger partial charge in [-0.1, -0.05) is 0 Å². The highest BCUT2D eigenvalue weighted by Gasteiger charge is 2.32. The van der Waals surface area contributed by atoms with Gasteiger partial charge in [-0.15, -0.1) is 0 Å². The van der Waals surface area contributed by atoms with Gasteiger partial charge in [0.2, 0.25) is 5.88 Å². The second-order valence-electron chi connectivity index (χ2n) is 5.33. The fraction of sp³-hybridized carbons (Fsp3) is 0.250. The van der Waals surface area contributed by atoms with Crippen molar-refractivity contribution in [2.45, 2.75) is 18.9 Å². The molecule has 2 aromatic rings. The minimum Gasteiger partial charge on any atom is -0.467 e. The first-order chi connectivity index (χ1) is 12.5. The van der Waals surface area contributed by atoms with Crippen molar-refractivity contribution in [1.82, 2.24) is 4.98 Å². The number of nitrogens with zero attached hydrogens (tertiary/aromatic N) is 1. The largest absolute Gasteiger partial charge is 0.467 e. The molecule has 146 valence electrons. The van der Waals surface area contributed by atoms with Gasteiger partial charge in [-0.2, -0.15) is 26.3 Å². The van der Waals surface area contributed by atoms with Gasteiger partial charge < -0.3 is 15.8 Å². The smallest absolute Gasteiger partial charge is 0.422 e. The van der Waals surface area contributed by atoms with Crippen LogP contribution in [0.4, 0.5) is 32.0 Å². The summed E-state index contributed by atoms with van der Waals surface area (Å²) in [5.74, 6) is -1.58. The van der Waals surface area contributed by atoms with Crippen molar-refractivity contribution in [2.75, 3.05) is 11.9 Å². The molecule has 0 unspecified atom stereocenters. The minimum atomic E-state index is -4.67. The normalized spacial score (nSPS) is 12.0. The van der Waals surface area contributed by atoms with E-state index in [-0.39, 0.29) is 23.4 Å². The molecule has 5 nitrogen and oxygen atoms in total. The van der Waals surface area contributed by atoms with E-state index in [4.69, 9.17) is 5.73 Å². The minimum absolute atomic E-state index is 0.111. The van der Waals surface area contributed by atoms with E-state index in [1.807, 2.05) is 0 Å². The SMILES string of the molecule is NCc1cc(NC(=O)c2cccnc2OCC(F)(F)F)cc(C(F)(F)F)c1. The molecule has 1 amide bonds. The first-order valence-corrected chi connectivity index (χ1v) is 7.37. The molecule has 11 heteroatoms. The van der Waals surface area contributed by atoms with Gasteiger partial charge in [-0.25, -0.2) is 4.98 Å². The zero-order valence-corrected chi connectivity index (χ0v) is 13.5. The van der Waals surface area contributed by atoms with Crippen molar-refractivity contribution in [3.63, 3.8) is 0 Å². The predicted molar refractivity (Wildman–Crippen MR) is 83.1 cm³/mol. The molecule has 0 aliphatic carbocycles. The number of amides is 1. The molecule has 3 N–H and O–H groups in total. The Morgan fingerprint density at radius 1 is 1.15 bits per heavy atom. The van der Waals surface area contributed by atoms with Crippen LogP contribution < -0.4 is 15.8 Å². The number of hydrogen-bond donors (Lipinski definition) is 2. The van der Waals surface area contributed by atoms with E-state index >= 15 is 0 Å². The number of carbonyl (C=O) groups excluding carboxylic acids is 1. The number of carbonyl (C=O) groups is 1.